The van der Waals surface area contributed by atoms with Crippen LogP contribution in [-0.4, -0.2) is 24.0 Å². The topological polar surface area (TPSA) is 81.2 Å². The lowest BCUT2D eigenvalue weighted by atomic mass is 10.1. The molecule has 1 aromatic carbocycles. The largest absolute Gasteiger partial charge is 0.444 e. The van der Waals surface area contributed by atoms with Gasteiger partial charge in [0.2, 0.25) is 11.8 Å². The molecule has 22 heavy (non-hydrogen) atoms. The van der Waals surface area contributed by atoms with E-state index in [2.05, 4.69) is 10.3 Å². The molecule has 0 saturated carbocycles. The maximum atomic E-state index is 11.4. The van der Waals surface area contributed by atoms with E-state index in [1.807, 2.05) is 31.2 Å². The van der Waals surface area contributed by atoms with E-state index in [4.69, 9.17) is 10.2 Å². The van der Waals surface area contributed by atoms with Crippen LogP contribution in [0, 0.1) is 6.92 Å². The maximum Gasteiger partial charge on any atom is 0.226 e. The van der Waals surface area contributed by atoms with Crippen LogP contribution in [0.3, 0.4) is 0 Å². The van der Waals surface area contributed by atoms with Gasteiger partial charge in [0, 0.05) is 24.9 Å². The average molecular weight is 324 g/mol. The smallest absolute Gasteiger partial charge is 0.226 e. The van der Waals surface area contributed by atoms with Crippen molar-refractivity contribution < 1.29 is 9.21 Å². The number of carbonyl (C=O) groups excluding carboxylic acids is 1. The highest BCUT2D eigenvalue weighted by Crippen LogP contribution is 2.19. The molecule has 0 aliphatic heterocycles. The molecule has 1 heterocycles. The van der Waals surface area contributed by atoms with Crippen molar-refractivity contribution in [1.29, 1.82) is 0 Å². The number of aromatic nitrogens is 1. The molecule has 1 aromatic heterocycles. The number of hydrogen-bond donors (Lipinski definition) is 2. The van der Waals surface area contributed by atoms with Crippen molar-refractivity contribution in [3.63, 3.8) is 0 Å². The Morgan fingerprint density at radius 2 is 2.05 bits per heavy atom. The Morgan fingerprint density at radius 1 is 1.32 bits per heavy atom. The van der Waals surface area contributed by atoms with Crippen molar-refractivity contribution in [2.24, 2.45) is 5.73 Å². The maximum absolute atomic E-state index is 11.4. The summed E-state index contributed by atoms with van der Waals surface area (Å²) < 4.78 is 5.47. The lowest BCUT2D eigenvalue weighted by Crippen LogP contribution is -2.26. The van der Waals surface area contributed by atoms with Gasteiger partial charge >= 0.3 is 0 Å². The van der Waals surface area contributed by atoms with Gasteiger partial charge in [-0.2, -0.15) is 0 Å². The van der Waals surface area contributed by atoms with Gasteiger partial charge in [0.1, 0.15) is 6.26 Å². The number of rotatable bonds is 7. The fourth-order valence-electron chi connectivity index (χ4n) is 1.93. The van der Waals surface area contributed by atoms with Crippen LogP contribution in [0.25, 0.3) is 11.5 Å². The second-order valence-corrected chi connectivity index (χ2v) is 5.00. The van der Waals surface area contributed by atoms with Crippen LogP contribution < -0.4 is 11.1 Å². The number of halogens is 1. The van der Waals surface area contributed by atoms with Gasteiger partial charge < -0.3 is 15.5 Å². The Hall–Kier alpha value is -1.85. The molecule has 1 amide bonds. The summed E-state index contributed by atoms with van der Waals surface area (Å²) in [6.45, 7) is 3.14. The molecule has 0 bridgehead atoms. The molecular formula is C16H22ClN3O2. The number of nitrogens with one attached hydrogen (secondary N) is 1. The number of carbonyl (C=O) groups is 1. The molecule has 0 radical (unpaired) electrons. The predicted molar refractivity (Wildman–Crippen MR) is 88.9 cm³/mol. The molecule has 0 saturated heterocycles. The van der Waals surface area contributed by atoms with Gasteiger partial charge in [0.05, 0.1) is 5.69 Å². The van der Waals surface area contributed by atoms with Crippen LogP contribution in [0.1, 0.15) is 24.1 Å². The van der Waals surface area contributed by atoms with Gasteiger partial charge in [0.15, 0.2) is 0 Å². The van der Waals surface area contributed by atoms with Gasteiger partial charge in [-0.1, -0.05) is 17.7 Å². The zero-order valence-corrected chi connectivity index (χ0v) is 13.5. The first-order chi connectivity index (χ1) is 10.2. The summed E-state index contributed by atoms with van der Waals surface area (Å²) in [6, 6.07) is 8.02. The van der Waals surface area contributed by atoms with Crippen LogP contribution in [0.2, 0.25) is 0 Å². The van der Waals surface area contributed by atoms with Gasteiger partial charge in [-0.05, 0) is 32.0 Å². The van der Waals surface area contributed by atoms with E-state index in [0.717, 1.165) is 11.3 Å². The minimum Gasteiger partial charge on any atom is -0.444 e. The highest BCUT2D eigenvalue weighted by atomic mass is 35.5. The zero-order chi connectivity index (χ0) is 15.1. The molecule has 6 heteroatoms. The SMILES string of the molecule is Cc1ccc(-c2nc(CCNC(=O)CCCN)co2)cc1.Cl. The molecule has 0 unspecified atom stereocenters. The van der Waals surface area contributed by atoms with Crippen LogP contribution in [0.15, 0.2) is 34.9 Å². The van der Waals surface area contributed by atoms with Gasteiger partial charge in [-0.15, -0.1) is 12.4 Å². The number of nitrogens with two attached hydrogens (primary N) is 1. The number of aryl methyl sites for hydroxylation is 1. The second kappa shape index (κ2) is 9.23. The van der Waals surface area contributed by atoms with E-state index >= 15 is 0 Å². The summed E-state index contributed by atoms with van der Waals surface area (Å²) in [5.74, 6) is 0.641. The number of oxazole rings is 1. The van der Waals surface area contributed by atoms with E-state index in [1.165, 1.54) is 5.56 Å². The average Bonchev–Trinajstić information content (AvgIpc) is 2.95. The lowest BCUT2D eigenvalue weighted by molar-refractivity contribution is -0.121. The molecular weight excluding hydrogens is 302 g/mol. The number of hydrogen-bond acceptors (Lipinski definition) is 4. The molecule has 2 rings (SSSR count). The number of benzene rings is 1. The fourth-order valence-corrected chi connectivity index (χ4v) is 1.93. The van der Waals surface area contributed by atoms with Crippen LogP contribution in [0.5, 0.6) is 0 Å². The summed E-state index contributed by atoms with van der Waals surface area (Å²) in [5.41, 5.74) is 8.36. The van der Waals surface area contributed by atoms with E-state index in [1.54, 1.807) is 6.26 Å². The van der Waals surface area contributed by atoms with Crippen LogP contribution >= 0.6 is 12.4 Å². The quantitative estimate of drug-likeness (QED) is 0.820. The third-order valence-electron chi connectivity index (χ3n) is 3.16. The minimum absolute atomic E-state index is 0. The lowest BCUT2D eigenvalue weighted by Gasteiger charge is -2.02. The first kappa shape index (κ1) is 18.2. The summed E-state index contributed by atoms with van der Waals surface area (Å²) in [7, 11) is 0. The Labute approximate surface area is 136 Å². The number of nitrogens with zero attached hydrogens (tertiary/aromatic N) is 1. The molecule has 120 valence electrons. The molecule has 2 aromatic rings. The standard InChI is InChI=1S/C16H21N3O2.ClH/c1-12-4-6-13(7-5-12)16-19-14(11-21-16)8-10-18-15(20)3-2-9-17;/h4-7,11H,2-3,8-10,17H2,1H3,(H,18,20);1H. The predicted octanol–water partition coefficient (Wildman–Crippen LogP) is 2.47. The van der Waals surface area contributed by atoms with Crippen LogP contribution in [0.4, 0.5) is 0 Å². The first-order valence-electron chi connectivity index (χ1n) is 7.17. The van der Waals surface area contributed by atoms with Crippen molar-refractivity contribution in [2.45, 2.75) is 26.2 Å². The van der Waals surface area contributed by atoms with E-state index in [-0.39, 0.29) is 18.3 Å². The van der Waals surface area contributed by atoms with E-state index in [9.17, 15) is 4.79 Å². The molecule has 0 atom stereocenters. The molecule has 3 N–H and O–H groups in total. The third-order valence-corrected chi connectivity index (χ3v) is 3.16. The van der Waals surface area contributed by atoms with Crippen molar-refractivity contribution in [3.05, 3.63) is 41.8 Å². The van der Waals surface area contributed by atoms with Gasteiger partial charge in [-0.25, -0.2) is 4.98 Å². The molecule has 0 spiro atoms. The second-order valence-electron chi connectivity index (χ2n) is 5.00. The van der Waals surface area contributed by atoms with Crippen LogP contribution in [-0.2, 0) is 11.2 Å². The zero-order valence-electron chi connectivity index (χ0n) is 12.7. The van der Waals surface area contributed by atoms with Gasteiger partial charge in [-0.3, -0.25) is 4.79 Å². The molecule has 0 aliphatic carbocycles. The van der Waals surface area contributed by atoms with Crippen molar-refractivity contribution in [3.8, 4) is 11.5 Å². The van der Waals surface area contributed by atoms with Gasteiger partial charge in [0.25, 0.3) is 0 Å². The third kappa shape index (κ3) is 5.50. The summed E-state index contributed by atoms with van der Waals surface area (Å²) in [5, 5.41) is 2.85. The normalized spacial score (nSPS) is 10.1. The highest BCUT2D eigenvalue weighted by Gasteiger charge is 2.07. The van der Waals surface area contributed by atoms with Crippen molar-refractivity contribution >= 4 is 18.3 Å². The Balaban J connectivity index is 0.00000242. The monoisotopic (exact) mass is 323 g/mol. The summed E-state index contributed by atoms with van der Waals surface area (Å²) >= 11 is 0. The fraction of sp³-hybridized carbons (Fsp3) is 0.375. The Kier molecular flexibility index (Phi) is 7.63. The Bertz CT molecular complexity index is 581. The number of amides is 1. The Morgan fingerprint density at radius 3 is 2.73 bits per heavy atom. The molecule has 5 nitrogen and oxygen atoms in total. The summed E-state index contributed by atoms with van der Waals surface area (Å²) in [6.07, 6.45) is 3.49. The molecule has 0 fully saturated rings. The minimum atomic E-state index is 0. The van der Waals surface area contributed by atoms with E-state index in [0.29, 0.717) is 38.2 Å². The first-order valence-corrected chi connectivity index (χ1v) is 7.17. The van der Waals surface area contributed by atoms with Crippen molar-refractivity contribution in [2.75, 3.05) is 13.1 Å². The highest BCUT2D eigenvalue weighted by molar-refractivity contribution is 5.85. The summed E-state index contributed by atoms with van der Waals surface area (Å²) in [4.78, 5) is 15.9. The molecule has 0 aliphatic rings. The van der Waals surface area contributed by atoms with E-state index < -0.39 is 0 Å². The van der Waals surface area contributed by atoms with Crippen molar-refractivity contribution in [1.82, 2.24) is 10.3 Å².